The summed E-state index contributed by atoms with van der Waals surface area (Å²) in [5, 5.41) is 2.96. The number of hydrogen-bond acceptors (Lipinski definition) is 3. The van der Waals surface area contributed by atoms with E-state index in [1.807, 2.05) is 0 Å². The highest BCUT2D eigenvalue weighted by atomic mass is 16.1. The molecule has 2 aliphatic heterocycles. The largest absolute Gasteiger partial charge is 0.369 e. The van der Waals surface area contributed by atoms with Gasteiger partial charge in [-0.2, -0.15) is 0 Å². The lowest BCUT2D eigenvalue weighted by atomic mass is 9.88. The lowest BCUT2D eigenvalue weighted by molar-refractivity contribution is 0.0946. The van der Waals surface area contributed by atoms with Crippen molar-refractivity contribution in [3.8, 4) is 0 Å². The summed E-state index contributed by atoms with van der Waals surface area (Å²) in [7, 11) is 0. The van der Waals surface area contributed by atoms with Crippen LogP contribution in [-0.2, 0) is 6.42 Å². The number of hydrogen-bond donors (Lipinski definition) is 1. The number of carbonyl (C=O) groups is 1. The minimum atomic E-state index is 0.0691. The van der Waals surface area contributed by atoms with E-state index in [4.69, 9.17) is 0 Å². The first-order chi connectivity index (χ1) is 15.8. The van der Waals surface area contributed by atoms with Gasteiger partial charge in [0, 0.05) is 49.9 Å². The monoisotopic (exact) mass is 425 g/mol. The summed E-state index contributed by atoms with van der Waals surface area (Å²) in [5.41, 5.74) is 5.98. The van der Waals surface area contributed by atoms with Crippen LogP contribution in [0.2, 0.25) is 0 Å². The molecule has 164 valence electrons. The maximum Gasteiger partial charge on any atom is 0.251 e. The molecule has 4 heteroatoms. The first kappa shape index (κ1) is 20.8. The minimum absolute atomic E-state index is 0.0691. The Labute approximate surface area is 190 Å². The summed E-state index contributed by atoms with van der Waals surface area (Å²) in [6.07, 6.45) is 2.05. The number of piperazine rings is 1. The molecule has 0 aromatic heterocycles. The van der Waals surface area contributed by atoms with Crippen LogP contribution < -0.4 is 10.2 Å². The molecule has 0 radical (unpaired) electrons. The smallest absolute Gasteiger partial charge is 0.251 e. The average molecular weight is 426 g/mol. The van der Waals surface area contributed by atoms with Crippen LogP contribution in [0.3, 0.4) is 0 Å². The number of carbonyl (C=O) groups excluding carboxylic acids is 1. The van der Waals surface area contributed by atoms with Crippen LogP contribution >= 0.6 is 0 Å². The number of benzene rings is 3. The fourth-order valence-electron chi connectivity index (χ4n) is 5.03. The second kappa shape index (κ2) is 9.58. The molecule has 3 aromatic carbocycles. The zero-order valence-electron chi connectivity index (χ0n) is 18.5. The van der Waals surface area contributed by atoms with Gasteiger partial charge in [-0.15, -0.1) is 0 Å². The normalized spacial score (nSPS) is 16.7. The minimum Gasteiger partial charge on any atom is -0.369 e. The van der Waals surface area contributed by atoms with Crippen molar-refractivity contribution >= 4 is 11.6 Å². The Balaban J connectivity index is 1.21. The van der Waals surface area contributed by atoms with Gasteiger partial charge >= 0.3 is 0 Å². The Hall–Kier alpha value is -3.11. The van der Waals surface area contributed by atoms with Gasteiger partial charge in [-0.25, -0.2) is 0 Å². The van der Waals surface area contributed by atoms with Gasteiger partial charge in [0.15, 0.2) is 0 Å². The van der Waals surface area contributed by atoms with Gasteiger partial charge in [0.05, 0.1) is 0 Å². The fourth-order valence-corrected chi connectivity index (χ4v) is 5.03. The molecule has 0 saturated carbocycles. The lowest BCUT2D eigenvalue weighted by Crippen LogP contribution is -2.47. The van der Waals surface area contributed by atoms with E-state index in [-0.39, 0.29) is 5.91 Å². The van der Waals surface area contributed by atoms with Crippen LogP contribution in [0.15, 0.2) is 78.9 Å². The fraction of sp³-hybridized carbons (Fsp3) is 0.321. The SMILES string of the molecule is O=C1NCCc2ccc(N3CCN(CCC(c4ccccc4)c4ccccc4)CC3)cc21. The zero-order valence-corrected chi connectivity index (χ0v) is 18.5. The van der Waals surface area contributed by atoms with Crippen molar-refractivity contribution in [1.29, 1.82) is 0 Å². The molecule has 1 amide bonds. The number of nitrogens with one attached hydrogen (secondary N) is 1. The Bertz CT molecular complexity index is 1000. The van der Waals surface area contributed by atoms with Crippen LogP contribution in [0.25, 0.3) is 0 Å². The summed E-state index contributed by atoms with van der Waals surface area (Å²) in [6, 6.07) is 28.2. The van der Waals surface area contributed by atoms with Crippen LogP contribution in [0.5, 0.6) is 0 Å². The van der Waals surface area contributed by atoms with Crippen molar-refractivity contribution in [3.63, 3.8) is 0 Å². The van der Waals surface area contributed by atoms with Crippen molar-refractivity contribution < 1.29 is 4.79 Å². The quantitative estimate of drug-likeness (QED) is 0.639. The first-order valence-corrected chi connectivity index (χ1v) is 11.8. The molecule has 1 fully saturated rings. The number of fused-ring (bicyclic) bond motifs is 1. The van der Waals surface area contributed by atoms with Crippen molar-refractivity contribution in [2.75, 3.05) is 44.2 Å². The first-order valence-electron chi connectivity index (χ1n) is 11.8. The molecule has 0 unspecified atom stereocenters. The highest BCUT2D eigenvalue weighted by Crippen LogP contribution is 2.29. The summed E-state index contributed by atoms with van der Waals surface area (Å²) in [4.78, 5) is 17.2. The maximum atomic E-state index is 12.2. The molecule has 1 saturated heterocycles. The molecule has 4 nitrogen and oxygen atoms in total. The molecule has 0 spiro atoms. The van der Waals surface area contributed by atoms with E-state index >= 15 is 0 Å². The summed E-state index contributed by atoms with van der Waals surface area (Å²) in [5.74, 6) is 0.495. The van der Waals surface area contributed by atoms with Gasteiger partial charge in [0.2, 0.25) is 0 Å². The third-order valence-corrected chi connectivity index (χ3v) is 6.89. The number of rotatable bonds is 6. The highest BCUT2D eigenvalue weighted by molar-refractivity contribution is 5.97. The van der Waals surface area contributed by atoms with Gasteiger partial charge in [-0.3, -0.25) is 9.69 Å². The number of anilines is 1. The Morgan fingerprint density at radius 2 is 1.47 bits per heavy atom. The molecule has 2 aliphatic rings. The van der Waals surface area contributed by atoms with Crippen molar-refractivity contribution in [1.82, 2.24) is 10.2 Å². The topological polar surface area (TPSA) is 35.6 Å². The van der Waals surface area contributed by atoms with E-state index in [1.165, 1.54) is 22.4 Å². The van der Waals surface area contributed by atoms with E-state index in [0.29, 0.717) is 5.92 Å². The van der Waals surface area contributed by atoms with Crippen LogP contribution in [0.1, 0.15) is 39.4 Å². The Kier molecular flexibility index (Phi) is 6.22. The molecule has 1 N–H and O–H groups in total. The molecular weight excluding hydrogens is 394 g/mol. The van der Waals surface area contributed by atoms with E-state index in [0.717, 1.165) is 57.7 Å². The number of nitrogens with zero attached hydrogens (tertiary/aromatic N) is 2. The summed E-state index contributed by atoms with van der Waals surface area (Å²) < 4.78 is 0. The predicted molar refractivity (Wildman–Crippen MR) is 130 cm³/mol. The van der Waals surface area contributed by atoms with Crippen molar-refractivity contribution in [2.24, 2.45) is 0 Å². The standard InChI is InChI=1S/C28H31N3O/c32-28-27-21-25(12-11-24(27)13-15-29-28)31-19-17-30(18-20-31)16-14-26(22-7-3-1-4-8-22)23-9-5-2-6-10-23/h1-12,21,26H,13-20H2,(H,29,32). The van der Waals surface area contributed by atoms with E-state index in [1.54, 1.807) is 0 Å². The molecule has 2 heterocycles. The number of amides is 1. The van der Waals surface area contributed by atoms with Crippen molar-refractivity contribution in [2.45, 2.75) is 18.8 Å². The van der Waals surface area contributed by atoms with E-state index in [9.17, 15) is 4.79 Å². The summed E-state index contributed by atoms with van der Waals surface area (Å²) >= 11 is 0. The van der Waals surface area contributed by atoms with Gasteiger partial charge in [0.25, 0.3) is 5.91 Å². The molecule has 5 rings (SSSR count). The average Bonchev–Trinajstić information content (AvgIpc) is 2.86. The van der Waals surface area contributed by atoms with E-state index < -0.39 is 0 Å². The zero-order chi connectivity index (χ0) is 21.8. The van der Waals surface area contributed by atoms with Crippen LogP contribution in [0.4, 0.5) is 5.69 Å². The molecule has 32 heavy (non-hydrogen) atoms. The van der Waals surface area contributed by atoms with Gasteiger partial charge in [0.1, 0.15) is 0 Å². The second-order valence-electron chi connectivity index (χ2n) is 8.84. The highest BCUT2D eigenvalue weighted by Gasteiger charge is 2.22. The van der Waals surface area contributed by atoms with E-state index in [2.05, 4.69) is 94.0 Å². The molecule has 0 aliphatic carbocycles. The molecule has 0 bridgehead atoms. The van der Waals surface area contributed by atoms with Crippen molar-refractivity contribution in [3.05, 3.63) is 101 Å². The van der Waals surface area contributed by atoms with Gasteiger partial charge < -0.3 is 10.2 Å². The van der Waals surface area contributed by atoms with Gasteiger partial charge in [-0.05, 0) is 48.2 Å². The Morgan fingerprint density at radius 1 is 0.812 bits per heavy atom. The molecule has 3 aromatic rings. The Morgan fingerprint density at radius 3 is 2.12 bits per heavy atom. The third kappa shape index (κ3) is 4.56. The van der Waals surface area contributed by atoms with Gasteiger partial charge in [-0.1, -0.05) is 66.7 Å². The predicted octanol–water partition coefficient (Wildman–Crippen LogP) is 4.32. The summed E-state index contributed by atoms with van der Waals surface area (Å²) in [6.45, 7) is 5.95. The third-order valence-electron chi connectivity index (χ3n) is 6.89. The maximum absolute atomic E-state index is 12.2. The van der Waals surface area contributed by atoms with Crippen LogP contribution in [0, 0.1) is 0 Å². The molecule has 0 atom stereocenters. The lowest BCUT2D eigenvalue weighted by Gasteiger charge is -2.37. The molecular formula is C28H31N3O. The van der Waals surface area contributed by atoms with Crippen LogP contribution in [-0.4, -0.2) is 50.1 Å². The second-order valence-corrected chi connectivity index (χ2v) is 8.84.